The summed E-state index contributed by atoms with van der Waals surface area (Å²) in [5.41, 5.74) is 3.16. The molecular formula is C23H30N4O2. The normalized spacial score (nSPS) is 15.1. The molecule has 6 heteroatoms. The van der Waals surface area contributed by atoms with Crippen LogP contribution in [-0.4, -0.2) is 60.9 Å². The Morgan fingerprint density at radius 2 is 1.45 bits per heavy atom. The Bertz CT molecular complexity index is 802. The number of piperazine rings is 1. The van der Waals surface area contributed by atoms with Gasteiger partial charge in [0.05, 0.1) is 13.1 Å². The van der Waals surface area contributed by atoms with Gasteiger partial charge in [0.25, 0.3) is 0 Å². The minimum Gasteiger partial charge on any atom is -0.351 e. The molecule has 0 radical (unpaired) electrons. The van der Waals surface area contributed by atoms with Crippen LogP contribution >= 0.6 is 0 Å². The monoisotopic (exact) mass is 394 g/mol. The Morgan fingerprint density at radius 1 is 0.828 bits per heavy atom. The van der Waals surface area contributed by atoms with Gasteiger partial charge in [-0.25, -0.2) is 0 Å². The highest BCUT2D eigenvalue weighted by Gasteiger charge is 2.20. The first-order valence-electron chi connectivity index (χ1n) is 10.3. The van der Waals surface area contributed by atoms with Crippen LogP contribution in [0.4, 0.5) is 5.69 Å². The van der Waals surface area contributed by atoms with Crippen LogP contribution in [0.15, 0.2) is 54.6 Å². The Morgan fingerprint density at radius 3 is 2.10 bits per heavy atom. The van der Waals surface area contributed by atoms with Crippen LogP contribution in [0, 0.1) is 0 Å². The van der Waals surface area contributed by atoms with Crippen molar-refractivity contribution < 1.29 is 9.59 Å². The summed E-state index contributed by atoms with van der Waals surface area (Å²) in [6.07, 6.45) is 0.949. The molecule has 29 heavy (non-hydrogen) atoms. The minimum atomic E-state index is 0.00677. The SMILES string of the molecule is CCc1cccc(NC(=O)CN2CCN(CC(=O)NCc3ccccc3)CC2)c1. The molecule has 1 aliphatic heterocycles. The van der Waals surface area contributed by atoms with Gasteiger partial charge in [0.1, 0.15) is 0 Å². The minimum absolute atomic E-state index is 0.00677. The van der Waals surface area contributed by atoms with Crippen LogP contribution in [0.1, 0.15) is 18.1 Å². The predicted molar refractivity (Wildman–Crippen MR) is 116 cm³/mol. The van der Waals surface area contributed by atoms with E-state index < -0.39 is 0 Å². The molecule has 0 atom stereocenters. The van der Waals surface area contributed by atoms with E-state index in [1.54, 1.807) is 0 Å². The van der Waals surface area contributed by atoms with Crippen molar-refractivity contribution in [1.29, 1.82) is 0 Å². The molecule has 0 aromatic heterocycles. The van der Waals surface area contributed by atoms with Crippen LogP contribution in [0.25, 0.3) is 0 Å². The van der Waals surface area contributed by atoms with E-state index in [9.17, 15) is 9.59 Å². The van der Waals surface area contributed by atoms with Crippen molar-refractivity contribution in [2.24, 2.45) is 0 Å². The van der Waals surface area contributed by atoms with Gasteiger partial charge in [-0.1, -0.05) is 49.4 Å². The highest BCUT2D eigenvalue weighted by molar-refractivity contribution is 5.92. The number of nitrogens with zero attached hydrogens (tertiary/aromatic N) is 2. The Balaban J connectivity index is 1.35. The second-order valence-corrected chi connectivity index (χ2v) is 7.42. The summed E-state index contributed by atoms with van der Waals surface area (Å²) in [5, 5.41) is 5.95. The molecule has 2 aromatic carbocycles. The third-order valence-electron chi connectivity index (χ3n) is 5.15. The average Bonchev–Trinajstić information content (AvgIpc) is 2.74. The molecule has 0 unspecified atom stereocenters. The van der Waals surface area contributed by atoms with Gasteiger partial charge in [-0.05, 0) is 29.7 Å². The van der Waals surface area contributed by atoms with Crippen LogP contribution in [0.2, 0.25) is 0 Å². The zero-order valence-electron chi connectivity index (χ0n) is 17.1. The summed E-state index contributed by atoms with van der Waals surface area (Å²) in [6.45, 7) is 6.58. The molecule has 0 bridgehead atoms. The standard InChI is InChI=1S/C23H30N4O2/c1-2-19-9-6-10-21(15-19)25-23(29)18-27-13-11-26(12-14-27)17-22(28)24-16-20-7-4-3-5-8-20/h3-10,15H,2,11-14,16-18H2,1H3,(H,24,28)(H,25,29). The third kappa shape index (κ3) is 7.00. The molecule has 1 saturated heterocycles. The molecule has 2 aromatic rings. The fourth-order valence-corrected chi connectivity index (χ4v) is 3.43. The first-order valence-corrected chi connectivity index (χ1v) is 10.3. The lowest BCUT2D eigenvalue weighted by Crippen LogP contribution is -2.50. The Hall–Kier alpha value is -2.70. The number of rotatable bonds is 8. The van der Waals surface area contributed by atoms with E-state index in [-0.39, 0.29) is 11.8 Å². The predicted octanol–water partition coefficient (Wildman–Crippen LogP) is 2.12. The van der Waals surface area contributed by atoms with E-state index in [1.807, 2.05) is 48.5 Å². The van der Waals surface area contributed by atoms with E-state index in [2.05, 4.69) is 33.4 Å². The maximum absolute atomic E-state index is 12.3. The molecule has 154 valence electrons. The summed E-state index contributed by atoms with van der Waals surface area (Å²) >= 11 is 0. The lowest BCUT2D eigenvalue weighted by molar-refractivity contribution is -0.123. The number of benzene rings is 2. The van der Waals surface area contributed by atoms with Gasteiger partial charge in [-0.15, -0.1) is 0 Å². The number of carbonyl (C=O) groups is 2. The van der Waals surface area contributed by atoms with E-state index >= 15 is 0 Å². The van der Waals surface area contributed by atoms with E-state index in [1.165, 1.54) is 5.56 Å². The molecule has 1 fully saturated rings. The van der Waals surface area contributed by atoms with Crippen LogP contribution < -0.4 is 10.6 Å². The number of aryl methyl sites for hydroxylation is 1. The lowest BCUT2D eigenvalue weighted by Gasteiger charge is -2.33. The number of carbonyl (C=O) groups excluding carboxylic acids is 2. The topological polar surface area (TPSA) is 64.7 Å². The molecule has 0 saturated carbocycles. The lowest BCUT2D eigenvalue weighted by atomic mass is 10.1. The van der Waals surface area contributed by atoms with Crippen molar-refractivity contribution in [3.63, 3.8) is 0 Å². The van der Waals surface area contributed by atoms with Crippen LogP contribution in [-0.2, 0) is 22.6 Å². The molecule has 2 amide bonds. The molecule has 1 heterocycles. The number of anilines is 1. The highest BCUT2D eigenvalue weighted by atomic mass is 16.2. The van der Waals surface area contributed by atoms with Crippen molar-refractivity contribution >= 4 is 17.5 Å². The van der Waals surface area contributed by atoms with Gasteiger partial charge < -0.3 is 10.6 Å². The zero-order chi connectivity index (χ0) is 20.5. The molecule has 2 N–H and O–H groups in total. The fraction of sp³-hybridized carbons (Fsp3) is 0.391. The highest BCUT2D eigenvalue weighted by Crippen LogP contribution is 2.11. The summed E-state index contributed by atoms with van der Waals surface area (Å²) in [7, 11) is 0. The number of hydrogen-bond acceptors (Lipinski definition) is 4. The fourth-order valence-electron chi connectivity index (χ4n) is 3.43. The quantitative estimate of drug-likeness (QED) is 0.720. The Kier molecular flexibility index (Phi) is 7.78. The van der Waals surface area contributed by atoms with Crippen molar-refractivity contribution in [3.05, 3.63) is 65.7 Å². The molecule has 3 rings (SSSR count). The average molecular weight is 395 g/mol. The molecule has 0 spiro atoms. The number of amides is 2. The van der Waals surface area contributed by atoms with Gasteiger partial charge >= 0.3 is 0 Å². The molecule has 1 aliphatic rings. The van der Waals surface area contributed by atoms with Gasteiger partial charge in [0.15, 0.2) is 0 Å². The van der Waals surface area contributed by atoms with Crippen molar-refractivity contribution in [3.8, 4) is 0 Å². The van der Waals surface area contributed by atoms with Crippen molar-refractivity contribution in [1.82, 2.24) is 15.1 Å². The maximum Gasteiger partial charge on any atom is 0.238 e. The summed E-state index contributed by atoms with van der Waals surface area (Å²) < 4.78 is 0. The summed E-state index contributed by atoms with van der Waals surface area (Å²) in [5.74, 6) is 0.0446. The van der Waals surface area contributed by atoms with Crippen LogP contribution in [0.3, 0.4) is 0 Å². The summed E-state index contributed by atoms with van der Waals surface area (Å²) in [4.78, 5) is 28.8. The van der Waals surface area contributed by atoms with Crippen LogP contribution in [0.5, 0.6) is 0 Å². The molecule has 0 aliphatic carbocycles. The van der Waals surface area contributed by atoms with Gasteiger partial charge in [0.2, 0.25) is 11.8 Å². The second-order valence-electron chi connectivity index (χ2n) is 7.42. The first-order chi connectivity index (χ1) is 14.1. The van der Waals surface area contributed by atoms with Gasteiger partial charge in [-0.3, -0.25) is 19.4 Å². The number of nitrogens with one attached hydrogen (secondary N) is 2. The van der Waals surface area contributed by atoms with Crippen molar-refractivity contribution in [2.45, 2.75) is 19.9 Å². The Labute approximate surface area is 172 Å². The maximum atomic E-state index is 12.3. The van der Waals surface area contributed by atoms with E-state index in [0.29, 0.717) is 19.6 Å². The smallest absolute Gasteiger partial charge is 0.238 e. The van der Waals surface area contributed by atoms with E-state index in [0.717, 1.165) is 43.9 Å². The van der Waals surface area contributed by atoms with Gasteiger partial charge in [0, 0.05) is 38.4 Å². The number of hydrogen-bond donors (Lipinski definition) is 2. The molecular weight excluding hydrogens is 364 g/mol. The zero-order valence-corrected chi connectivity index (χ0v) is 17.1. The first kappa shape index (κ1) is 21.0. The largest absolute Gasteiger partial charge is 0.351 e. The molecule has 6 nitrogen and oxygen atoms in total. The second kappa shape index (κ2) is 10.7. The van der Waals surface area contributed by atoms with Crippen molar-refractivity contribution in [2.75, 3.05) is 44.6 Å². The third-order valence-corrected chi connectivity index (χ3v) is 5.15. The van der Waals surface area contributed by atoms with E-state index in [4.69, 9.17) is 0 Å². The van der Waals surface area contributed by atoms with Gasteiger partial charge in [-0.2, -0.15) is 0 Å². The summed E-state index contributed by atoms with van der Waals surface area (Å²) in [6, 6.07) is 17.9.